The largest absolute Gasteiger partial charge is 0.497 e. The summed E-state index contributed by atoms with van der Waals surface area (Å²) in [7, 11) is 1.53. The van der Waals surface area contributed by atoms with Crippen LogP contribution in [0.5, 0.6) is 5.75 Å². The van der Waals surface area contributed by atoms with Crippen LogP contribution in [0, 0.1) is 0 Å². The topological polar surface area (TPSA) is 35.5 Å². The predicted molar refractivity (Wildman–Crippen MR) is 71.4 cm³/mol. The normalized spacial score (nSPS) is 11.8. The quantitative estimate of drug-likeness (QED) is 0.617. The van der Waals surface area contributed by atoms with Gasteiger partial charge in [-0.1, -0.05) is 12.1 Å². The second-order valence-electron chi connectivity index (χ2n) is 3.38. The van der Waals surface area contributed by atoms with Gasteiger partial charge in [0.1, 0.15) is 16.9 Å². The highest BCUT2D eigenvalue weighted by Crippen LogP contribution is 2.27. The van der Waals surface area contributed by atoms with Gasteiger partial charge in [-0.25, -0.2) is 9.18 Å². The van der Waals surface area contributed by atoms with E-state index in [4.69, 9.17) is 9.47 Å². The molecule has 0 fully saturated rings. The zero-order valence-corrected chi connectivity index (χ0v) is 11.8. The van der Waals surface area contributed by atoms with Crippen LogP contribution in [0.2, 0.25) is 0 Å². The van der Waals surface area contributed by atoms with Crippen molar-refractivity contribution in [1.82, 2.24) is 0 Å². The molecule has 0 aromatic heterocycles. The SMILES string of the molecule is CCOC(=O)C(Br)=C(CF)c1cccc(OC)c1. The highest BCUT2D eigenvalue weighted by Gasteiger charge is 2.15. The zero-order valence-electron chi connectivity index (χ0n) is 10.2. The molecular weight excluding hydrogens is 303 g/mol. The van der Waals surface area contributed by atoms with Crippen LogP contribution in [0.15, 0.2) is 28.7 Å². The molecule has 0 N–H and O–H groups in total. The van der Waals surface area contributed by atoms with Gasteiger partial charge >= 0.3 is 5.97 Å². The van der Waals surface area contributed by atoms with Crippen LogP contribution in [-0.2, 0) is 9.53 Å². The molecule has 18 heavy (non-hydrogen) atoms. The molecule has 0 saturated heterocycles. The van der Waals surface area contributed by atoms with Crippen LogP contribution in [0.25, 0.3) is 5.57 Å². The number of carbonyl (C=O) groups is 1. The first-order valence-electron chi connectivity index (χ1n) is 5.40. The molecule has 0 saturated carbocycles. The minimum Gasteiger partial charge on any atom is -0.497 e. The van der Waals surface area contributed by atoms with E-state index in [0.29, 0.717) is 11.3 Å². The number of hydrogen-bond acceptors (Lipinski definition) is 3. The smallest absolute Gasteiger partial charge is 0.345 e. The molecule has 3 nitrogen and oxygen atoms in total. The first kappa shape index (κ1) is 14.7. The van der Waals surface area contributed by atoms with E-state index in [1.54, 1.807) is 31.2 Å². The summed E-state index contributed by atoms with van der Waals surface area (Å²) in [6, 6.07) is 6.85. The van der Waals surface area contributed by atoms with E-state index in [9.17, 15) is 9.18 Å². The summed E-state index contributed by atoms with van der Waals surface area (Å²) in [4.78, 5) is 11.5. The summed E-state index contributed by atoms with van der Waals surface area (Å²) in [6.45, 7) is 1.16. The van der Waals surface area contributed by atoms with Gasteiger partial charge in [-0.3, -0.25) is 0 Å². The molecule has 0 bridgehead atoms. The summed E-state index contributed by atoms with van der Waals surface area (Å²) in [5.41, 5.74) is 0.823. The van der Waals surface area contributed by atoms with Gasteiger partial charge in [0.15, 0.2) is 0 Å². The summed E-state index contributed by atoms with van der Waals surface area (Å²) >= 11 is 3.08. The van der Waals surface area contributed by atoms with E-state index in [2.05, 4.69) is 15.9 Å². The van der Waals surface area contributed by atoms with Crippen molar-refractivity contribution in [3.63, 3.8) is 0 Å². The predicted octanol–water partition coefficient (Wildman–Crippen LogP) is 3.33. The van der Waals surface area contributed by atoms with E-state index in [0.717, 1.165) is 0 Å². The minimum absolute atomic E-state index is 0.0973. The molecule has 98 valence electrons. The second kappa shape index (κ2) is 7.16. The maximum atomic E-state index is 13.1. The molecule has 0 radical (unpaired) electrons. The molecule has 1 aromatic rings. The lowest BCUT2D eigenvalue weighted by Gasteiger charge is -2.09. The van der Waals surface area contributed by atoms with Crippen molar-refractivity contribution >= 4 is 27.5 Å². The molecule has 0 atom stereocenters. The molecule has 0 unspecified atom stereocenters. The molecule has 0 amide bonds. The Labute approximate surface area is 114 Å². The third-order valence-electron chi connectivity index (χ3n) is 2.27. The van der Waals surface area contributed by atoms with Gasteiger partial charge in [0.2, 0.25) is 0 Å². The third kappa shape index (κ3) is 3.57. The molecule has 0 aliphatic carbocycles. The van der Waals surface area contributed by atoms with Crippen LogP contribution < -0.4 is 4.74 Å². The fourth-order valence-electron chi connectivity index (χ4n) is 1.39. The fourth-order valence-corrected chi connectivity index (χ4v) is 1.84. The lowest BCUT2D eigenvalue weighted by Crippen LogP contribution is -2.06. The number of allylic oxidation sites excluding steroid dienone is 1. The van der Waals surface area contributed by atoms with Crippen LogP contribution in [0.1, 0.15) is 12.5 Å². The van der Waals surface area contributed by atoms with E-state index in [-0.39, 0.29) is 16.7 Å². The average molecular weight is 317 g/mol. The monoisotopic (exact) mass is 316 g/mol. The third-order valence-corrected chi connectivity index (χ3v) is 3.07. The Balaban J connectivity index is 3.15. The standard InChI is InChI=1S/C13H14BrFO3/c1-3-18-13(16)12(14)11(8-15)9-5-4-6-10(7-9)17-2/h4-7H,3,8H2,1-2H3. The van der Waals surface area contributed by atoms with Crippen molar-refractivity contribution in [3.8, 4) is 5.75 Å². The molecule has 1 aromatic carbocycles. The van der Waals surface area contributed by atoms with E-state index < -0.39 is 12.6 Å². The van der Waals surface area contributed by atoms with Gasteiger partial charge in [-0.15, -0.1) is 0 Å². The molecule has 1 rings (SSSR count). The number of ether oxygens (including phenoxy) is 2. The Morgan fingerprint density at radius 1 is 1.44 bits per heavy atom. The van der Waals surface area contributed by atoms with E-state index in [1.165, 1.54) is 7.11 Å². The molecular formula is C13H14BrFO3. The van der Waals surface area contributed by atoms with Crippen LogP contribution in [0.4, 0.5) is 4.39 Å². The molecule has 0 spiro atoms. The Kier molecular flexibility index (Phi) is 5.85. The summed E-state index contributed by atoms with van der Waals surface area (Å²) in [5.74, 6) is 0.0237. The number of rotatable bonds is 5. The number of hydrogen-bond donors (Lipinski definition) is 0. The summed E-state index contributed by atoms with van der Waals surface area (Å²) in [5, 5.41) is 0. The fraction of sp³-hybridized carbons (Fsp3) is 0.308. The number of methoxy groups -OCH3 is 1. The van der Waals surface area contributed by atoms with Crippen molar-refractivity contribution in [2.24, 2.45) is 0 Å². The van der Waals surface area contributed by atoms with Gasteiger partial charge in [0, 0.05) is 5.57 Å². The Morgan fingerprint density at radius 3 is 2.72 bits per heavy atom. The Bertz CT molecular complexity index is 457. The first-order chi connectivity index (χ1) is 8.63. The highest BCUT2D eigenvalue weighted by atomic mass is 79.9. The zero-order chi connectivity index (χ0) is 13.5. The van der Waals surface area contributed by atoms with Crippen molar-refractivity contribution in [1.29, 1.82) is 0 Å². The molecule has 0 aliphatic rings. The van der Waals surface area contributed by atoms with Gasteiger partial charge < -0.3 is 9.47 Å². The maximum absolute atomic E-state index is 13.1. The van der Waals surface area contributed by atoms with E-state index >= 15 is 0 Å². The lowest BCUT2D eigenvalue weighted by molar-refractivity contribution is -0.137. The molecule has 5 heteroatoms. The number of benzene rings is 1. The maximum Gasteiger partial charge on any atom is 0.345 e. The number of halogens is 2. The minimum atomic E-state index is -0.771. The number of alkyl halides is 1. The van der Waals surface area contributed by atoms with Crippen molar-refractivity contribution < 1.29 is 18.7 Å². The number of carbonyl (C=O) groups excluding carboxylic acids is 1. The number of esters is 1. The second-order valence-corrected chi connectivity index (χ2v) is 4.17. The average Bonchev–Trinajstić information content (AvgIpc) is 2.40. The van der Waals surface area contributed by atoms with Gasteiger partial charge in [0.05, 0.1) is 13.7 Å². The van der Waals surface area contributed by atoms with Gasteiger partial charge in [0.25, 0.3) is 0 Å². The van der Waals surface area contributed by atoms with Crippen LogP contribution >= 0.6 is 15.9 Å². The Morgan fingerprint density at radius 2 is 2.17 bits per heavy atom. The summed E-state index contributed by atoms with van der Waals surface area (Å²) in [6.07, 6.45) is 0. The highest BCUT2D eigenvalue weighted by molar-refractivity contribution is 9.12. The van der Waals surface area contributed by atoms with Crippen molar-refractivity contribution in [3.05, 3.63) is 34.3 Å². The Hall–Kier alpha value is -1.36. The molecule has 0 heterocycles. The molecule has 0 aliphatic heterocycles. The first-order valence-corrected chi connectivity index (χ1v) is 6.19. The van der Waals surface area contributed by atoms with Crippen molar-refractivity contribution in [2.75, 3.05) is 20.4 Å². The van der Waals surface area contributed by atoms with Gasteiger partial charge in [-0.2, -0.15) is 0 Å². The van der Waals surface area contributed by atoms with E-state index in [1.807, 2.05) is 0 Å². The van der Waals surface area contributed by atoms with Crippen LogP contribution in [-0.4, -0.2) is 26.4 Å². The van der Waals surface area contributed by atoms with Crippen LogP contribution in [0.3, 0.4) is 0 Å². The van der Waals surface area contributed by atoms with Gasteiger partial charge in [-0.05, 0) is 40.5 Å². The summed E-state index contributed by atoms with van der Waals surface area (Å²) < 4.78 is 23.1. The lowest BCUT2D eigenvalue weighted by atomic mass is 10.1. The van der Waals surface area contributed by atoms with Crippen molar-refractivity contribution in [2.45, 2.75) is 6.92 Å².